The second-order valence-corrected chi connectivity index (χ2v) is 4.97. The van der Waals surface area contributed by atoms with Gasteiger partial charge in [-0.3, -0.25) is 0 Å². The van der Waals surface area contributed by atoms with Gasteiger partial charge in [0.15, 0.2) is 0 Å². The number of hydrogen-bond donors (Lipinski definition) is 0. The largest absolute Gasteiger partial charge is 0.249 e. The molecule has 1 aromatic heterocycles. The van der Waals surface area contributed by atoms with Crippen molar-refractivity contribution in [3.8, 4) is 16.5 Å². The summed E-state index contributed by atoms with van der Waals surface area (Å²) in [6.45, 7) is 4.27. The Kier molecular flexibility index (Phi) is 3.02. The molecule has 0 aliphatic rings. The van der Waals surface area contributed by atoms with E-state index in [0.717, 1.165) is 15.4 Å². The summed E-state index contributed by atoms with van der Waals surface area (Å²) < 4.78 is 0. The number of aromatic nitrogens is 1. The molecule has 0 N–H and O–H groups in total. The van der Waals surface area contributed by atoms with Crippen molar-refractivity contribution in [1.29, 1.82) is 5.26 Å². The summed E-state index contributed by atoms with van der Waals surface area (Å²) in [5.41, 5.74) is 1.76. The van der Waals surface area contributed by atoms with E-state index in [1.54, 1.807) is 11.3 Å². The van der Waals surface area contributed by atoms with E-state index in [1.807, 2.05) is 30.5 Å². The predicted octanol–water partition coefficient (Wildman–Crippen LogP) is 3.81. The number of benzene rings is 1. The number of nitrogens with zero attached hydrogens (tertiary/aromatic N) is 2. The quantitative estimate of drug-likeness (QED) is 0.783. The van der Waals surface area contributed by atoms with Gasteiger partial charge in [0.1, 0.15) is 0 Å². The maximum atomic E-state index is 8.84. The lowest BCUT2D eigenvalue weighted by molar-refractivity contribution is 0.852. The zero-order valence-corrected chi connectivity index (χ0v) is 10.1. The van der Waals surface area contributed by atoms with Gasteiger partial charge in [0.05, 0.1) is 21.5 Å². The highest BCUT2D eigenvalue weighted by atomic mass is 32.1. The first-order valence-corrected chi connectivity index (χ1v) is 5.98. The molecule has 16 heavy (non-hydrogen) atoms. The maximum Gasteiger partial charge on any atom is 0.0991 e. The van der Waals surface area contributed by atoms with Gasteiger partial charge >= 0.3 is 0 Å². The topological polar surface area (TPSA) is 36.7 Å². The van der Waals surface area contributed by atoms with Crippen LogP contribution in [0.25, 0.3) is 10.4 Å². The Morgan fingerprint density at radius 3 is 2.81 bits per heavy atom. The van der Waals surface area contributed by atoms with E-state index in [0.29, 0.717) is 11.5 Å². The molecule has 0 atom stereocenters. The van der Waals surface area contributed by atoms with Gasteiger partial charge in [-0.25, -0.2) is 4.98 Å². The lowest BCUT2D eigenvalue weighted by atomic mass is 10.1. The third kappa shape index (κ3) is 2.12. The molecule has 0 saturated heterocycles. The van der Waals surface area contributed by atoms with Crippen molar-refractivity contribution in [2.24, 2.45) is 0 Å². The highest BCUT2D eigenvalue weighted by Gasteiger charge is 2.07. The molecule has 0 bridgehead atoms. The maximum absolute atomic E-state index is 8.84. The lowest BCUT2D eigenvalue weighted by Gasteiger charge is -1.97. The Morgan fingerprint density at radius 1 is 1.38 bits per heavy atom. The van der Waals surface area contributed by atoms with Crippen LogP contribution in [0.5, 0.6) is 0 Å². The summed E-state index contributed by atoms with van der Waals surface area (Å²) in [6.07, 6.45) is 1.89. The van der Waals surface area contributed by atoms with Gasteiger partial charge in [-0.2, -0.15) is 5.26 Å². The van der Waals surface area contributed by atoms with E-state index < -0.39 is 0 Å². The van der Waals surface area contributed by atoms with Crippen molar-refractivity contribution < 1.29 is 0 Å². The van der Waals surface area contributed by atoms with Crippen LogP contribution in [0.1, 0.15) is 30.3 Å². The standard InChI is InChI=1S/C13H12N2S/c1-9(2)13-15-8-12(16-13)11-5-3-4-10(6-11)7-14/h3-6,8-9H,1-2H3. The van der Waals surface area contributed by atoms with Crippen molar-refractivity contribution in [2.75, 3.05) is 0 Å². The van der Waals surface area contributed by atoms with Gasteiger partial charge < -0.3 is 0 Å². The summed E-state index contributed by atoms with van der Waals surface area (Å²) in [5.74, 6) is 0.456. The average Bonchev–Trinajstić information content (AvgIpc) is 2.78. The molecule has 0 unspecified atom stereocenters. The molecular formula is C13H12N2S. The number of hydrogen-bond acceptors (Lipinski definition) is 3. The molecule has 1 heterocycles. The Hall–Kier alpha value is -1.66. The molecule has 0 spiro atoms. The summed E-state index contributed by atoms with van der Waals surface area (Å²) in [5, 5.41) is 9.98. The smallest absolute Gasteiger partial charge is 0.0991 e. The second kappa shape index (κ2) is 4.46. The minimum Gasteiger partial charge on any atom is -0.249 e. The van der Waals surface area contributed by atoms with E-state index >= 15 is 0 Å². The third-order valence-corrected chi connectivity index (χ3v) is 3.64. The normalized spacial score (nSPS) is 10.4. The fourth-order valence-corrected chi connectivity index (χ4v) is 2.35. The number of nitriles is 1. The van der Waals surface area contributed by atoms with Gasteiger partial charge in [-0.15, -0.1) is 11.3 Å². The molecule has 2 aromatic rings. The van der Waals surface area contributed by atoms with Crippen molar-refractivity contribution in [1.82, 2.24) is 4.98 Å². The third-order valence-electron chi connectivity index (χ3n) is 2.29. The van der Waals surface area contributed by atoms with Crippen molar-refractivity contribution in [3.05, 3.63) is 41.0 Å². The monoisotopic (exact) mass is 228 g/mol. The first-order chi connectivity index (χ1) is 7.70. The zero-order valence-electron chi connectivity index (χ0n) is 9.27. The molecule has 0 aliphatic heterocycles. The van der Waals surface area contributed by atoms with Gasteiger partial charge in [-0.1, -0.05) is 26.0 Å². The van der Waals surface area contributed by atoms with Crippen LogP contribution in [-0.4, -0.2) is 4.98 Å². The van der Waals surface area contributed by atoms with Crippen LogP contribution < -0.4 is 0 Å². The molecule has 0 radical (unpaired) electrons. The Labute approximate surface area is 99.2 Å². The fraction of sp³-hybridized carbons (Fsp3) is 0.231. The van der Waals surface area contributed by atoms with Gasteiger partial charge in [0.25, 0.3) is 0 Å². The van der Waals surface area contributed by atoms with Crippen LogP contribution in [0, 0.1) is 11.3 Å². The first-order valence-electron chi connectivity index (χ1n) is 5.17. The van der Waals surface area contributed by atoms with Gasteiger partial charge in [0.2, 0.25) is 0 Å². The van der Waals surface area contributed by atoms with Crippen molar-refractivity contribution in [3.63, 3.8) is 0 Å². The Morgan fingerprint density at radius 2 is 2.19 bits per heavy atom. The van der Waals surface area contributed by atoms with Gasteiger partial charge in [0, 0.05) is 12.1 Å². The molecule has 2 rings (SSSR count). The predicted molar refractivity (Wildman–Crippen MR) is 66.4 cm³/mol. The molecular weight excluding hydrogens is 216 g/mol. The summed E-state index contributed by atoms with van der Waals surface area (Å²) in [6, 6.07) is 9.78. The van der Waals surface area contributed by atoms with Crippen LogP contribution in [0.2, 0.25) is 0 Å². The molecule has 80 valence electrons. The minimum absolute atomic E-state index is 0.456. The van der Waals surface area contributed by atoms with E-state index in [2.05, 4.69) is 24.9 Å². The summed E-state index contributed by atoms with van der Waals surface area (Å²) in [7, 11) is 0. The summed E-state index contributed by atoms with van der Waals surface area (Å²) >= 11 is 1.69. The van der Waals surface area contributed by atoms with Crippen LogP contribution in [0.4, 0.5) is 0 Å². The van der Waals surface area contributed by atoms with E-state index in [9.17, 15) is 0 Å². The fourth-order valence-electron chi connectivity index (χ4n) is 1.43. The highest BCUT2D eigenvalue weighted by molar-refractivity contribution is 7.15. The van der Waals surface area contributed by atoms with Crippen LogP contribution >= 0.6 is 11.3 Å². The molecule has 0 amide bonds. The average molecular weight is 228 g/mol. The van der Waals surface area contributed by atoms with Crippen LogP contribution in [0.15, 0.2) is 30.5 Å². The SMILES string of the molecule is CC(C)c1ncc(-c2cccc(C#N)c2)s1. The number of rotatable bonds is 2. The summed E-state index contributed by atoms with van der Waals surface area (Å²) in [4.78, 5) is 5.51. The van der Waals surface area contributed by atoms with Crippen molar-refractivity contribution >= 4 is 11.3 Å². The number of thiazole rings is 1. The first kappa shape index (κ1) is 10.8. The molecule has 2 nitrogen and oxygen atoms in total. The molecule has 0 aliphatic carbocycles. The molecule has 1 aromatic carbocycles. The molecule has 3 heteroatoms. The van der Waals surface area contributed by atoms with E-state index in [1.165, 1.54) is 0 Å². The minimum atomic E-state index is 0.456. The lowest BCUT2D eigenvalue weighted by Crippen LogP contribution is -1.81. The zero-order chi connectivity index (χ0) is 11.5. The Balaban J connectivity index is 2.39. The highest BCUT2D eigenvalue weighted by Crippen LogP contribution is 2.29. The van der Waals surface area contributed by atoms with E-state index in [-0.39, 0.29) is 0 Å². The molecule has 0 saturated carbocycles. The van der Waals surface area contributed by atoms with Crippen LogP contribution in [0.3, 0.4) is 0 Å². The van der Waals surface area contributed by atoms with Gasteiger partial charge in [-0.05, 0) is 17.7 Å². The van der Waals surface area contributed by atoms with Crippen LogP contribution in [-0.2, 0) is 0 Å². The van der Waals surface area contributed by atoms with E-state index in [4.69, 9.17) is 5.26 Å². The van der Waals surface area contributed by atoms with Crippen molar-refractivity contribution in [2.45, 2.75) is 19.8 Å². The molecule has 0 fully saturated rings. The second-order valence-electron chi connectivity index (χ2n) is 3.91. The Bertz CT molecular complexity index is 535.